The number of hydrogen-bond donors (Lipinski definition) is 1. The van der Waals surface area contributed by atoms with Crippen molar-refractivity contribution in [2.75, 3.05) is 20.3 Å². The normalized spacial score (nSPS) is 18.1. The van der Waals surface area contributed by atoms with Crippen LogP contribution in [0.5, 0.6) is 5.75 Å². The van der Waals surface area contributed by atoms with Crippen molar-refractivity contribution in [3.05, 3.63) is 54.5 Å². The standard InChI is InChI=1S/C27H33N3O4/c1-3-24-26(22-13-23(33-2)15-28-14-22)27(21-7-5-4-6-8-21)29-30(24)16-19-9-11-20(12-10-19)17-34-18-25(31)32/h4-8,13-15,19-20H,3,9-12,16-18H2,1-2H3,(H,31,32). The van der Waals surface area contributed by atoms with Gasteiger partial charge in [0.05, 0.1) is 19.9 Å². The van der Waals surface area contributed by atoms with E-state index in [9.17, 15) is 4.79 Å². The number of aliphatic carboxylic acids is 1. The third-order valence-electron chi connectivity index (χ3n) is 6.65. The van der Waals surface area contributed by atoms with E-state index in [0.717, 1.165) is 66.8 Å². The molecule has 1 aromatic carbocycles. The minimum Gasteiger partial charge on any atom is -0.495 e. The van der Waals surface area contributed by atoms with Gasteiger partial charge in [-0.2, -0.15) is 5.10 Å². The van der Waals surface area contributed by atoms with E-state index in [1.165, 1.54) is 5.69 Å². The Bertz CT molecular complexity index is 1090. The molecule has 1 N–H and O–H groups in total. The second-order valence-electron chi connectivity index (χ2n) is 8.98. The maximum atomic E-state index is 10.7. The third-order valence-corrected chi connectivity index (χ3v) is 6.65. The number of benzene rings is 1. The summed E-state index contributed by atoms with van der Waals surface area (Å²) in [5, 5.41) is 13.9. The van der Waals surface area contributed by atoms with Crippen molar-refractivity contribution in [2.24, 2.45) is 11.8 Å². The highest BCUT2D eigenvalue weighted by Gasteiger charge is 2.25. The molecule has 1 aliphatic carbocycles. The molecule has 2 aromatic heterocycles. The molecular weight excluding hydrogens is 430 g/mol. The fourth-order valence-corrected chi connectivity index (χ4v) is 4.91. The molecule has 0 amide bonds. The molecule has 0 radical (unpaired) electrons. The summed E-state index contributed by atoms with van der Waals surface area (Å²) in [5.41, 5.74) is 5.41. The lowest BCUT2D eigenvalue weighted by Gasteiger charge is -2.28. The Hall–Kier alpha value is -3.19. The summed E-state index contributed by atoms with van der Waals surface area (Å²) in [6, 6.07) is 12.3. The van der Waals surface area contributed by atoms with Gasteiger partial charge in [0.15, 0.2) is 0 Å². The fourth-order valence-electron chi connectivity index (χ4n) is 4.91. The molecule has 1 aliphatic rings. The quantitative estimate of drug-likeness (QED) is 0.451. The number of carboxylic acid groups (broad SMARTS) is 1. The van der Waals surface area contributed by atoms with Crippen LogP contribution < -0.4 is 4.74 Å². The van der Waals surface area contributed by atoms with Crippen LogP contribution in [-0.4, -0.2) is 46.2 Å². The van der Waals surface area contributed by atoms with Gasteiger partial charge in [0, 0.05) is 35.1 Å². The van der Waals surface area contributed by atoms with Gasteiger partial charge in [-0.1, -0.05) is 37.3 Å². The van der Waals surface area contributed by atoms with E-state index in [-0.39, 0.29) is 6.61 Å². The molecule has 0 atom stereocenters. The van der Waals surface area contributed by atoms with Crippen LogP contribution in [0.25, 0.3) is 22.4 Å². The lowest BCUT2D eigenvalue weighted by molar-refractivity contribution is -0.142. The van der Waals surface area contributed by atoms with Crippen LogP contribution in [0.1, 0.15) is 38.3 Å². The first-order valence-corrected chi connectivity index (χ1v) is 12.0. The van der Waals surface area contributed by atoms with Gasteiger partial charge in [0.2, 0.25) is 0 Å². The molecule has 1 fully saturated rings. The summed E-state index contributed by atoms with van der Waals surface area (Å²) in [7, 11) is 1.66. The minimum atomic E-state index is -0.907. The smallest absolute Gasteiger partial charge is 0.329 e. The number of carbonyl (C=O) groups is 1. The summed E-state index contributed by atoms with van der Waals surface area (Å²) < 4.78 is 13.0. The summed E-state index contributed by atoms with van der Waals surface area (Å²) in [6.07, 6.45) is 8.79. The van der Waals surface area contributed by atoms with Crippen molar-refractivity contribution in [3.63, 3.8) is 0 Å². The zero-order chi connectivity index (χ0) is 23.9. The molecule has 0 aliphatic heterocycles. The first-order valence-electron chi connectivity index (χ1n) is 12.0. The van der Waals surface area contributed by atoms with Crippen molar-refractivity contribution < 1.29 is 19.4 Å². The molecule has 3 aromatic rings. The molecule has 180 valence electrons. The highest BCUT2D eigenvalue weighted by atomic mass is 16.5. The Morgan fingerprint density at radius 1 is 1.09 bits per heavy atom. The highest BCUT2D eigenvalue weighted by Crippen LogP contribution is 2.37. The number of hydrogen-bond acceptors (Lipinski definition) is 5. The molecular formula is C27H33N3O4. The van der Waals surface area contributed by atoms with E-state index in [1.807, 2.05) is 30.5 Å². The van der Waals surface area contributed by atoms with Crippen LogP contribution in [0.15, 0.2) is 48.8 Å². The van der Waals surface area contributed by atoms with Crippen LogP contribution >= 0.6 is 0 Å². The van der Waals surface area contributed by atoms with Gasteiger partial charge < -0.3 is 14.6 Å². The van der Waals surface area contributed by atoms with Crippen LogP contribution in [0.4, 0.5) is 0 Å². The van der Waals surface area contributed by atoms with Crippen LogP contribution in [0.3, 0.4) is 0 Å². The monoisotopic (exact) mass is 463 g/mol. The van der Waals surface area contributed by atoms with Gasteiger partial charge in [0.1, 0.15) is 18.1 Å². The third kappa shape index (κ3) is 5.65. The Labute approximate surface area is 200 Å². The van der Waals surface area contributed by atoms with Gasteiger partial charge in [-0.3, -0.25) is 9.67 Å². The van der Waals surface area contributed by atoms with Crippen molar-refractivity contribution in [1.29, 1.82) is 0 Å². The number of carboxylic acids is 1. The van der Waals surface area contributed by atoms with Crippen LogP contribution in [0.2, 0.25) is 0 Å². The summed E-state index contributed by atoms with van der Waals surface area (Å²) in [5.74, 6) is 0.809. The number of methoxy groups -OCH3 is 1. The zero-order valence-electron chi connectivity index (χ0n) is 19.9. The van der Waals surface area contributed by atoms with Gasteiger partial charge in [-0.25, -0.2) is 4.79 Å². The molecule has 4 rings (SSSR count). The molecule has 2 heterocycles. The van der Waals surface area contributed by atoms with Gasteiger partial charge in [-0.05, 0) is 50.0 Å². The molecule has 0 bridgehead atoms. The van der Waals surface area contributed by atoms with Crippen molar-refractivity contribution in [3.8, 4) is 28.1 Å². The van der Waals surface area contributed by atoms with Crippen LogP contribution in [-0.2, 0) is 22.5 Å². The van der Waals surface area contributed by atoms with E-state index >= 15 is 0 Å². The van der Waals surface area contributed by atoms with E-state index in [4.69, 9.17) is 19.7 Å². The number of aromatic nitrogens is 3. The lowest BCUT2D eigenvalue weighted by Crippen LogP contribution is -2.23. The summed E-state index contributed by atoms with van der Waals surface area (Å²) >= 11 is 0. The molecule has 0 saturated heterocycles. The van der Waals surface area contributed by atoms with Gasteiger partial charge >= 0.3 is 5.97 Å². The first-order chi connectivity index (χ1) is 16.6. The average molecular weight is 464 g/mol. The van der Waals surface area contributed by atoms with E-state index in [0.29, 0.717) is 18.4 Å². The van der Waals surface area contributed by atoms with Crippen molar-refractivity contribution >= 4 is 5.97 Å². The maximum absolute atomic E-state index is 10.7. The summed E-state index contributed by atoms with van der Waals surface area (Å²) in [4.78, 5) is 15.1. The Balaban J connectivity index is 1.58. The Morgan fingerprint density at radius 3 is 2.50 bits per heavy atom. The fraction of sp³-hybridized carbons (Fsp3) is 0.444. The highest BCUT2D eigenvalue weighted by molar-refractivity contribution is 5.83. The van der Waals surface area contributed by atoms with Gasteiger partial charge in [0.25, 0.3) is 0 Å². The maximum Gasteiger partial charge on any atom is 0.329 e. The molecule has 34 heavy (non-hydrogen) atoms. The number of nitrogens with zero attached hydrogens (tertiary/aromatic N) is 3. The zero-order valence-corrected chi connectivity index (χ0v) is 19.9. The number of rotatable bonds is 10. The number of ether oxygens (including phenoxy) is 2. The SMILES string of the molecule is CCc1c(-c2cncc(OC)c2)c(-c2ccccc2)nn1CC1CCC(COCC(=O)O)CC1. The molecule has 0 unspecified atom stereocenters. The predicted molar refractivity (Wildman–Crippen MR) is 131 cm³/mol. The second kappa shape index (κ2) is 11.3. The lowest BCUT2D eigenvalue weighted by atomic mass is 9.82. The first kappa shape index (κ1) is 24.0. The topological polar surface area (TPSA) is 86.5 Å². The Kier molecular flexibility index (Phi) is 7.95. The van der Waals surface area contributed by atoms with Gasteiger partial charge in [-0.15, -0.1) is 0 Å². The average Bonchev–Trinajstić information content (AvgIpc) is 3.23. The summed E-state index contributed by atoms with van der Waals surface area (Å²) in [6.45, 7) is 3.38. The van der Waals surface area contributed by atoms with Crippen molar-refractivity contribution in [2.45, 2.75) is 45.6 Å². The molecule has 7 nitrogen and oxygen atoms in total. The molecule has 7 heteroatoms. The molecule has 1 saturated carbocycles. The molecule has 0 spiro atoms. The number of pyridine rings is 1. The van der Waals surface area contributed by atoms with E-state index in [2.05, 4.69) is 28.7 Å². The van der Waals surface area contributed by atoms with E-state index < -0.39 is 5.97 Å². The predicted octanol–water partition coefficient (Wildman–Crippen LogP) is 5.09. The second-order valence-corrected chi connectivity index (χ2v) is 8.98. The Morgan fingerprint density at radius 2 is 1.82 bits per heavy atom. The van der Waals surface area contributed by atoms with Crippen molar-refractivity contribution in [1.82, 2.24) is 14.8 Å². The largest absolute Gasteiger partial charge is 0.495 e. The van der Waals surface area contributed by atoms with E-state index in [1.54, 1.807) is 13.3 Å². The van der Waals surface area contributed by atoms with Crippen LogP contribution in [0, 0.1) is 11.8 Å². The minimum absolute atomic E-state index is 0.211.